The van der Waals surface area contributed by atoms with Crippen LogP contribution in [-0.4, -0.2) is 54.2 Å². The highest BCUT2D eigenvalue weighted by Crippen LogP contribution is 2.32. The summed E-state index contributed by atoms with van der Waals surface area (Å²) in [4.78, 5) is 31.5. The fraction of sp³-hybridized carbons (Fsp3) is 0.350. The number of anilines is 1. The maximum atomic E-state index is 12.9. The van der Waals surface area contributed by atoms with E-state index in [0.717, 1.165) is 11.3 Å². The Labute approximate surface area is 162 Å². The summed E-state index contributed by atoms with van der Waals surface area (Å²) in [5.41, 5.74) is 2.32. The minimum Gasteiger partial charge on any atom is -0.454 e. The third kappa shape index (κ3) is 3.91. The lowest BCUT2D eigenvalue weighted by Gasteiger charge is -2.35. The lowest BCUT2D eigenvalue weighted by atomic mass is 10.1. The molecule has 8 nitrogen and oxygen atoms in total. The van der Waals surface area contributed by atoms with Gasteiger partial charge >= 0.3 is 0 Å². The van der Waals surface area contributed by atoms with Crippen LogP contribution in [0, 0.1) is 6.92 Å². The Kier molecular flexibility index (Phi) is 5.12. The van der Waals surface area contributed by atoms with Gasteiger partial charge < -0.3 is 25.0 Å². The van der Waals surface area contributed by atoms with Crippen LogP contribution >= 0.6 is 0 Å². The molecule has 28 heavy (non-hydrogen) atoms. The van der Waals surface area contributed by atoms with Crippen molar-refractivity contribution in [1.82, 2.24) is 15.2 Å². The van der Waals surface area contributed by atoms with E-state index >= 15 is 0 Å². The largest absolute Gasteiger partial charge is 0.454 e. The van der Waals surface area contributed by atoms with Crippen molar-refractivity contribution in [3.63, 3.8) is 0 Å². The van der Waals surface area contributed by atoms with E-state index < -0.39 is 6.04 Å². The van der Waals surface area contributed by atoms with Crippen LogP contribution in [0.1, 0.15) is 11.3 Å². The molecule has 0 aliphatic carbocycles. The Morgan fingerprint density at radius 3 is 2.93 bits per heavy atom. The van der Waals surface area contributed by atoms with Crippen LogP contribution in [0.3, 0.4) is 0 Å². The van der Waals surface area contributed by atoms with Crippen LogP contribution < -0.4 is 20.1 Å². The second-order valence-corrected chi connectivity index (χ2v) is 6.85. The number of aryl methyl sites for hydroxylation is 1. The monoisotopic (exact) mass is 382 g/mol. The summed E-state index contributed by atoms with van der Waals surface area (Å²) in [5, 5.41) is 6.04. The standard InChI is InChI=1S/C20H22N4O4/c1-13-2-4-15(10-22-13)23-20(26)16-11-21-6-7-24(16)19(25)9-14-3-5-17-18(8-14)28-12-27-17/h2-5,8,10,16,21H,6-7,9,11-12H2,1H3,(H,23,26)/t16-/m0/s1. The van der Waals surface area contributed by atoms with E-state index in [-0.39, 0.29) is 25.0 Å². The molecule has 8 heteroatoms. The third-order valence-corrected chi connectivity index (χ3v) is 4.84. The zero-order valence-corrected chi connectivity index (χ0v) is 15.6. The van der Waals surface area contributed by atoms with Gasteiger partial charge in [0.2, 0.25) is 18.6 Å². The zero-order valence-electron chi connectivity index (χ0n) is 15.6. The first-order valence-corrected chi connectivity index (χ1v) is 9.22. The molecule has 4 rings (SSSR count). The fourth-order valence-electron chi connectivity index (χ4n) is 3.33. The number of hydrogen-bond donors (Lipinski definition) is 2. The Morgan fingerprint density at radius 2 is 2.11 bits per heavy atom. The summed E-state index contributed by atoms with van der Waals surface area (Å²) in [7, 11) is 0. The van der Waals surface area contributed by atoms with Crippen LogP contribution in [0.25, 0.3) is 0 Å². The number of piperazine rings is 1. The Bertz CT molecular complexity index is 884. The van der Waals surface area contributed by atoms with Gasteiger partial charge in [0.25, 0.3) is 0 Å². The molecule has 0 radical (unpaired) electrons. The molecular weight excluding hydrogens is 360 g/mol. The molecule has 0 unspecified atom stereocenters. The smallest absolute Gasteiger partial charge is 0.248 e. The highest BCUT2D eigenvalue weighted by Gasteiger charge is 2.32. The van der Waals surface area contributed by atoms with Crippen LogP contribution in [0.15, 0.2) is 36.5 Å². The van der Waals surface area contributed by atoms with Gasteiger partial charge in [0.15, 0.2) is 11.5 Å². The summed E-state index contributed by atoms with van der Waals surface area (Å²) in [6.45, 7) is 3.63. The van der Waals surface area contributed by atoms with Gasteiger partial charge in [-0.05, 0) is 36.8 Å². The number of aromatic nitrogens is 1. The molecule has 0 saturated carbocycles. The molecule has 2 aliphatic heterocycles. The van der Waals surface area contributed by atoms with Crippen LogP contribution in [-0.2, 0) is 16.0 Å². The Hall–Kier alpha value is -3.13. The number of nitrogens with zero attached hydrogens (tertiary/aromatic N) is 2. The minimum absolute atomic E-state index is 0.0949. The molecule has 3 heterocycles. The van der Waals surface area contributed by atoms with Gasteiger partial charge in [0.05, 0.1) is 18.3 Å². The second-order valence-electron chi connectivity index (χ2n) is 6.85. The van der Waals surface area contributed by atoms with Crippen molar-refractivity contribution in [2.24, 2.45) is 0 Å². The van der Waals surface area contributed by atoms with E-state index in [2.05, 4.69) is 15.6 Å². The average Bonchev–Trinajstić information content (AvgIpc) is 3.17. The van der Waals surface area contributed by atoms with Crippen molar-refractivity contribution >= 4 is 17.5 Å². The molecule has 1 aromatic heterocycles. The minimum atomic E-state index is -0.573. The maximum absolute atomic E-state index is 12.9. The van der Waals surface area contributed by atoms with Gasteiger partial charge in [-0.2, -0.15) is 0 Å². The quantitative estimate of drug-likeness (QED) is 0.823. The van der Waals surface area contributed by atoms with Crippen molar-refractivity contribution in [1.29, 1.82) is 0 Å². The molecular formula is C20H22N4O4. The van der Waals surface area contributed by atoms with Crippen molar-refractivity contribution < 1.29 is 19.1 Å². The zero-order chi connectivity index (χ0) is 19.5. The molecule has 2 aliphatic rings. The lowest BCUT2D eigenvalue weighted by Crippen LogP contribution is -2.58. The first-order valence-electron chi connectivity index (χ1n) is 9.22. The van der Waals surface area contributed by atoms with Crippen molar-refractivity contribution in [3.8, 4) is 11.5 Å². The summed E-state index contributed by atoms with van der Waals surface area (Å²) in [5.74, 6) is 1.01. The number of ether oxygens (including phenoxy) is 2. The molecule has 0 spiro atoms. The molecule has 0 bridgehead atoms. The summed E-state index contributed by atoms with van der Waals surface area (Å²) < 4.78 is 10.7. The number of nitrogens with one attached hydrogen (secondary N) is 2. The van der Waals surface area contributed by atoms with E-state index in [9.17, 15) is 9.59 Å². The summed E-state index contributed by atoms with van der Waals surface area (Å²) >= 11 is 0. The lowest BCUT2D eigenvalue weighted by molar-refractivity contribution is -0.139. The topological polar surface area (TPSA) is 92.8 Å². The number of pyridine rings is 1. The fourth-order valence-corrected chi connectivity index (χ4v) is 3.33. The molecule has 1 aromatic carbocycles. The SMILES string of the molecule is Cc1ccc(NC(=O)[C@@H]2CNCCN2C(=O)Cc2ccc3c(c2)OCO3)cn1. The van der Waals surface area contributed by atoms with Crippen molar-refractivity contribution in [3.05, 3.63) is 47.8 Å². The third-order valence-electron chi connectivity index (χ3n) is 4.84. The highest BCUT2D eigenvalue weighted by molar-refractivity contribution is 5.97. The van der Waals surface area contributed by atoms with Gasteiger partial charge in [-0.15, -0.1) is 0 Å². The van der Waals surface area contributed by atoms with Gasteiger partial charge in [-0.3, -0.25) is 14.6 Å². The van der Waals surface area contributed by atoms with Crippen LogP contribution in [0.4, 0.5) is 5.69 Å². The van der Waals surface area contributed by atoms with Crippen molar-refractivity contribution in [2.45, 2.75) is 19.4 Å². The molecule has 146 valence electrons. The molecule has 1 atom stereocenters. The van der Waals surface area contributed by atoms with Gasteiger partial charge in [0, 0.05) is 25.3 Å². The first kappa shape index (κ1) is 18.2. The maximum Gasteiger partial charge on any atom is 0.248 e. The molecule has 1 saturated heterocycles. The van der Waals surface area contributed by atoms with Crippen LogP contribution in [0.5, 0.6) is 11.5 Å². The number of carbonyl (C=O) groups excluding carboxylic acids is 2. The Balaban J connectivity index is 1.44. The second kappa shape index (κ2) is 7.85. The number of carbonyl (C=O) groups is 2. The number of hydrogen-bond acceptors (Lipinski definition) is 6. The normalized spacial score (nSPS) is 18.0. The van der Waals surface area contributed by atoms with E-state index in [1.165, 1.54) is 0 Å². The van der Waals surface area contributed by atoms with Gasteiger partial charge in [-0.1, -0.05) is 6.07 Å². The number of amides is 2. The molecule has 2 amide bonds. The predicted octanol–water partition coefficient (Wildman–Crippen LogP) is 1.10. The molecule has 2 N–H and O–H groups in total. The van der Waals surface area contributed by atoms with E-state index in [4.69, 9.17) is 9.47 Å². The van der Waals surface area contributed by atoms with E-state index in [1.54, 1.807) is 23.2 Å². The number of benzene rings is 1. The van der Waals surface area contributed by atoms with Gasteiger partial charge in [-0.25, -0.2) is 0 Å². The van der Waals surface area contributed by atoms with Crippen LogP contribution in [0.2, 0.25) is 0 Å². The first-order chi connectivity index (χ1) is 13.6. The number of rotatable bonds is 4. The predicted molar refractivity (Wildman–Crippen MR) is 102 cm³/mol. The van der Waals surface area contributed by atoms with Gasteiger partial charge in [0.1, 0.15) is 6.04 Å². The summed E-state index contributed by atoms with van der Waals surface area (Å²) in [6, 6.07) is 8.52. The van der Waals surface area contributed by atoms with E-state index in [0.29, 0.717) is 36.8 Å². The van der Waals surface area contributed by atoms with Crippen molar-refractivity contribution in [2.75, 3.05) is 31.7 Å². The molecule has 1 fully saturated rings. The number of fused-ring (bicyclic) bond motifs is 1. The van der Waals surface area contributed by atoms with E-state index in [1.807, 2.05) is 25.1 Å². The molecule has 2 aromatic rings. The highest BCUT2D eigenvalue weighted by atomic mass is 16.7. The average molecular weight is 382 g/mol. The summed E-state index contributed by atoms with van der Waals surface area (Å²) in [6.07, 6.45) is 1.81. The Morgan fingerprint density at radius 1 is 1.25 bits per heavy atom.